The number of hydrogen-bond donors (Lipinski definition) is 2. The van der Waals surface area contributed by atoms with Crippen LogP contribution in [0.1, 0.15) is 118 Å². The third-order valence-corrected chi connectivity index (χ3v) is 7.78. The lowest BCUT2D eigenvalue weighted by Crippen LogP contribution is -2.61. The van der Waals surface area contributed by atoms with Crippen LogP contribution in [0, 0.1) is 18.3 Å². The van der Waals surface area contributed by atoms with Crippen LogP contribution in [0.4, 0.5) is 4.79 Å². The van der Waals surface area contributed by atoms with Crippen molar-refractivity contribution in [2.45, 2.75) is 130 Å². The first-order valence-electron chi connectivity index (χ1n) is 14.4. The van der Waals surface area contributed by atoms with Gasteiger partial charge in [-0.2, -0.15) is 0 Å². The molecule has 0 bridgehead atoms. The molecule has 1 aromatic carbocycles. The van der Waals surface area contributed by atoms with E-state index in [2.05, 4.69) is 16.6 Å². The van der Waals surface area contributed by atoms with Gasteiger partial charge < -0.3 is 20.3 Å². The molecule has 1 fully saturated rings. The summed E-state index contributed by atoms with van der Waals surface area (Å²) in [6.07, 6.45) is 11.6. The average molecular weight is 540 g/mol. The van der Waals surface area contributed by atoms with Crippen LogP contribution >= 0.6 is 0 Å². The Kier molecular flexibility index (Phi) is 11.5. The van der Waals surface area contributed by atoms with E-state index in [1.54, 1.807) is 31.7 Å². The molecule has 0 saturated heterocycles. The highest BCUT2D eigenvalue weighted by Crippen LogP contribution is 2.35. The molecule has 39 heavy (non-hydrogen) atoms. The van der Waals surface area contributed by atoms with Gasteiger partial charge in [-0.1, -0.05) is 70.6 Å². The quantitative estimate of drug-likeness (QED) is 0.351. The largest absolute Gasteiger partial charge is 0.444 e. The zero-order valence-electron chi connectivity index (χ0n) is 25.2. The number of carbonyl (C=O) groups is 3. The van der Waals surface area contributed by atoms with Gasteiger partial charge >= 0.3 is 6.09 Å². The molecule has 2 N–H and O–H groups in total. The van der Waals surface area contributed by atoms with Crippen molar-refractivity contribution in [3.8, 4) is 12.3 Å². The minimum atomic E-state index is -0.964. The molecule has 7 nitrogen and oxygen atoms in total. The van der Waals surface area contributed by atoms with Gasteiger partial charge in [0.2, 0.25) is 11.8 Å². The molecule has 3 unspecified atom stereocenters. The van der Waals surface area contributed by atoms with Crippen molar-refractivity contribution >= 4 is 17.9 Å². The molecule has 7 heteroatoms. The van der Waals surface area contributed by atoms with E-state index in [1.807, 2.05) is 52.8 Å². The minimum absolute atomic E-state index is 0.0543. The lowest BCUT2D eigenvalue weighted by atomic mass is 9.87. The molecule has 0 aromatic heterocycles. The number of nitrogens with one attached hydrogen (secondary N) is 2. The first kappa shape index (κ1) is 32.2. The monoisotopic (exact) mass is 539 g/mol. The smallest absolute Gasteiger partial charge is 0.408 e. The van der Waals surface area contributed by atoms with Crippen molar-refractivity contribution in [1.82, 2.24) is 15.5 Å². The molecule has 216 valence electrons. The number of rotatable bonds is 10. The SMILES string of the molecule is C#Cc1ccccc1C(C(=O)NC1CCCCC1)N(C(=O)C(NC(=O)OC(C)(C)C)C(C)CC)C(C)(C)CC. The molecule has 1 aromatic rings. The molecule has 0 aliphatic heterocycles. The molecule has 2 rings (SSSR count). The Labute approximate surface area is 235 Å². The molecule has 3 atom stereocenters. The summed E-state index contributed by atoms with van der Waals surface area (Å²) in [4.78, 5) is 43.3. The Bertz CT molecular complexity index is 1030. The molecule has 3 amide bonds. The standard InChI is InChI=1S/C32H49N3O4/c1-10-22(4)26(34-30(38)39-31(5,6)7)29(37)35(32(8,9)12-3)27(25-21-17-16-18-23(25)11-2)28(36)33-24-19-14-13-15-20-24/h2,16-18,21-22,24,26-27H,10,12-15,19-20H2,1,3-9H3,(H,33,36)(H,34,38). The summed E-state index contributed by atoms with van der Waals surface area (Å²) < 4.78 is 5.51. The maximum atomic E-state index is 14.6. The number of carbonyl (C=O) groups excluding carboxylic acids is 3. The van der Waals surface area contributed by atoms with Crippen molar-refractivity contribution < 1.29 is 19.1 Å². The fraction of sp³-hybridized carbons (Fsp3) is 0.656. The van der Waals surface area contributed by atoms with Crippen molar-refractivity contribution in [2.24, 2.45) is 5.92 Å². The summed E-state index contributed by atoms with van der Waals surface area (Å²) in [6.45, 7) is 15.1. The Balaban J connectivity index is 2.65. The highest BCUT2D eigenvalue weighted by molar-refractivity contribution is 5.93. The average Bonchev–Trinajstić information content (AvgIpc) is 2.88. The van der Waals surface area contributed by atoms with Gasteiger partial charge in [0.25, 0.3) is 0 Å². The fourth-order valence-corrected chi connectivity index (χ4v) is 5.00. The van der Waals surface area contributed by atoms with Gasteiger partial charge in [0.15, 0.2) is 0 Å². The van der Waals surface area contributed by atoms with Crippen LogP contribution < -0.4 is 10.6 Å². The van der Waals surface area contributed by atoms with Crippen LogP contribution in [0.15, 0.2) is 24.3 Å². The number of hydrogen-bond acceptors (Lipinski definition) is 4. The predicted molar refractivity (Wildman–Crippen MR) is 156 cm³/mol. The van der Waals surface area contributed by atoms with Gasteiger partial charge in [0.1, 0.15) is 17.7 Å². The van der Waals surface area contributed by atoms with E-state index in [4.69, 9.17) is 11.2 Å². The number of benzene rings is 1. The van der Waals surface area contributed by atoms with Crippen molar-refractivity contribution in [3.05, 3.63) is 35.4 Å². The van der Waals surface area contributed by atoms with E-state index < -0.39 is 29.3 Å². The second-order valence-electron chi connectivity index (χ2n) is 12.4. The Morgan fingerprint density at radius 3 is 2.23 bits per heavy atom. The molecule has 0 heterocycles. The number of amides is 3. The summed E-state index contributed by atoms with van der Waals surface area (Å²) in [5.41, 5.74) is -0.284. The molecular weight excluding hydrogens is 490 g/mol. The van der Waals surface area contributed by atoms with E-state index in [0.29, 0.717) is 24.0 Å². The third-order valence-electron chi connectivity index (χ3n) is 7.78. The van der Waals surface area contributed by atoms with Gasteiger partial charge in [-0.05, 0) is 71.4 Å². The number of nitrogens with zero attached hydrogens (tertiary/aromatic N) is 1. The molecule has 0 spiro atoms. The van der Waals surface area contributed by atoms with Crippen LogP contribution in [0.25, 0.3) is 0 Å². The van der Waals surface area contributed by atoms with E-state index in [1.165, 1.54) is 0 Å². The number of alkyl carbamates (subject to hydrolysis) is 1. The summed E-state index contributed by atoms with van der Waals surface area (Å²) >= 11 is 0. The van der Waals surface area contributed by atoms with E-state index in [0.717, 1.165) is 32.1 Å². The van der Waals surface area contributed by atoms with Crippen molar-refractivity contribution in [3.63, 3.8) is 0 Å². The molecule has 0 radical (unpaired) electrons. The summed E-state index contributed by atoms with van der Waals surface area (Å²) in [7, 11) is 0. The van der Waals surface area contributed by atoms with E-state index >= 15 is 0 Å². The first-order chi connectivity index (χ1) is 18.3. The third kappa shape index (κ3) is 8.74. The molecule has 1 aliphatic rings. The van der Waals surface area contributed by atoms with Crippen LogP contribution in [0.3, 0.4) is 0 Å². The first-order valence-corrected chi connectivity index (χ1v) is 14.4. The van der Waals surface area contributed by atoms with Crippen LogP contribution in [0.2, 0.25) is 0 Å². The topological polar surface area (TPSA) is 87.7 Å². The van der Waals surface area contributed by atoms with Crippen LogP contribution in [0.5, 0.6) is 0 Å². The van der Waals surface area contributed by atoms with Crippen LogP contribution in [-0.4, -0.2) is 46.0 Å². The highest BCUT2D eigenvalue weighted by Gasteiger charge is 2.45. The molecule has 1 aliphatic carbocycles. The predicted octanol–water partition coefficient (Wildman–Crippen LogP) is 6.11. The van der Waals surface area contributed by atoms with E-state index in [9.17, 15) is 14.4 Å². The van der Waals surface area contributed by atoms with Gasteiger partial charge in [-0.15, -0.1) is 6.42 Å². The highest BCUT2D eigenvalue weighted by atomic mass is 16.6. The van der Waals surface area contributed by atoms with Gasteiger partial charge in [0, 0.05) is 17.1 Å². The lowest BCUT2D eigenvalue weighted by Gasteiger charge is -2.46. The number of terminal acetylenes is 1. The van der Waals surface area contributed by atoms with Gasteiger partial charge in [-0.25, -0.2) is 4.79 Å². The minimum Gasteiger partial charge on any atom is -0.444 e. The molecule has 1 saturated carbocycles. The second-order valence-corrected chi connectivity index (χ2v) is 12.4. The van der Waals surface area contributed by atoms with Crippen molar-refractivity contribution in [1.29, 1.82) is 0 Å². The summed E-state index contributed by atoms with van der Waals surface area (Å²) in [5.74, 6) is 1.92. The van der Waals surface area contributed by atoms with Crippen molar-refractivity contribution in [2.75, 3.05) is 0 Å². The zero-order valence-corrected chi connectivity index (χ0v) is 25.2. The Hall–Kier alpha value is -3.01. The Morgan fingerprint density at radius 1 is 1.08 bits per heavy atom. The zero-order chi connectivity index (χ0) is 29.4. The summed E-state index contributed by atoms with van der Waals surface area (Å²) in [5, 5.41) is 6.07. The maximum absolute atomic E-state index is 14.6. The lowest BCUT2D eigenvalue weighted by molar-refractivity contribution is -0.150. The second kappa shape index (κ2) is 13.9. The summed E-state index contributed by atoms with van der Waals surface area (Å²) in [6, 6.07) is 5.49. The normalized spacial score (nSPS) is 16.8. The fourth-order valence-electron chi connectivity index (χ4n) is 5.00. The van der Waals surface area contributed by atoms with Gasteiger partial charge in [-0.3, -0.25) is 9.59 Å². The molecular formula is C32H49N3O4. The van der Waals surface area contributed by atoms with E-state index in [-0.39, 0.29) is 23.8 Å². The maximum Gasteiger partial charge on any atom is 0.408 e. The number of ether oxygens (including phenoxy) is 1. The van der Waals surface area contributed by atoms with Gasteiger partial charge in [0.05, 0.1) is 0 Å². The van der Waals surface area contributed by atoms with Crippen LogP contribution in [-0.2, 0) is 14.3 Å². The Morgan fingerprint density at radius 2 is 1.69 bits per heavy atom.